The van der Waals surface area contributed by atoms with E-state index in [1.165, 1.54) is 14.2 Å². The van der Waals surface area contributed by atoms with Gasteiger partial charge in [0.25, 0.3) is 0 Å². The van der Waals surface area contributed by atoms with Crippen molar-refractivity contribution < 1.29 is 28.6 Å². The Morgan fingerprint density at radius 1 is 0.897 bits per heavy atom. The lowest BCUT2D eigenvalue weighted by molar-refractivity contribution is -0.145. The third kappa shape index (κ3) is 7.14. The van der Waals surface area contributed by atoms with E-state index in [0.29, 0.717) is 17.7 Å². The second-order valence-corrected chi connectivity index (χ2v) is 6.28. The molecule has 0 saturated heterocycles. The zero-order valence-electron chi connectivity index (χ0n) is 16.6. The first-order valence-electron chi connectivity index (χ1n) is 9.17. The lowest BCUT2D eigenvalue weighted by atomic mass is 9.99. The summed E-state index contributed by atoms with van der Waals surface area (Å²) < 4.78 is 14.8. The first-order chi connectivity index (χ1) is 14.0. The fourth-order valence-electron chi connectivity index (χ4n) is 2.66. The lowest BCUT2D eigenvalue weighted by Gasteiger charge is -2.17. The lowest BCUT2D eigenvalue weighted by Crippen LogP contribution is -2.44. The van der Waals surface area contributed by atoms with Crippen LogP contribution in [0.4, 0.5) is 0 Å². The summed E-state index contributed by atoms with van der Waals surface area (Å²) >= 11 is 0. The van der Waals surface area contributed by atoms with Crippen molar-refractivity contribution in [3.8, 4) is 0 Å². The number of amides is 1. The van der Waals surface area contributed by atoms with E-state index in [2.05, 4.69) is 5.32 Å². The molecule has 0 spiro atoms. The quantitative estimate of drug-likeness (QED) is 0.352. The zero-order valence-corrected chi connectivity index (χ0v) is 16.6. The minimum Gasteiger partial charge on any atom is -0.467 e. The monoisotopic (exact) mass is 399 g/mol. The van der Waals surface area contributed by atoms with Crippen molar-refractivity contribution in [1.29, 1.82) is 0 Å². The van der Waals surface area contributed by atoms with Crippen molar-refractivity contribution in [1.82, 2.24) is 5.32 Å². The molecule has 1 amide bonds. The van der Waals surface area contributed by atoms with Crippen LogP contribution in [0.2, 0.25) is 0 Å². The maximum atomic E-state index is 12.5. The van der Waals surface area contributed by atoms with E-state index in [9.17, 15) is 14.4 Å². The van der Waals surface area contributed by atoms with Crippen LogP contribution < -0.4 is 5.32 Å². The topological polar surface area (TPSA) is 90.9 Å². The molecule has 0 radical (unpaired) electrons. The first-order valence-corrected chi connectivity index (χ1v) is 9.17. The average Bonchev–Trinajstić information content (AvgIpc) is 2.76. The highest BCUT2D eigenvalue weighted by Gasteiger charge is 2.22. The Kier molecular flexibility index (Phi) is 9.01. The van der Waals surface area contributed by atoms with Crippen LogP contribution in [0.25, 0.3) is 0 Å². The van der Waals surface area contributed by atoms with Gasteiger partial charge in [-0.1, -0.05) is 54.6 Å². The van der Waals surface area contributed by atoms with Crippen LogP contribution in [0.3, 0.4) is 0 Å². The molecule has 1 atom stereocenters. The van der Waals surface area contributed by atoms with E-state index in [4.69, 9.17) is 14.2 Å². The number of carbonyl (C=O) groups excluding carboxylic acids is 3. The van der Waals surface area contributed by atoms with Crippen molar-refractivity contribution in [2.24, 2.45) is 0 Å². The molecule has 1 N–H and O–H groups in total. The Morgan fingerprint density at radius 2 is 1.55 bits per heavy atom. The number of hydrogen-bond donors (Lipinski definition) is 1. The van der Waals surface area contributed by atoms with Gasteiger partial charge in [0.1, 0.15) is 12.6 Å². The second-order valence-electron chi connectivity index (χ2n) is 6.28. The SMILES string of the molecule is COCCOCC(=O)N[C@@H](Cc1ccc(C(=O)c2ccccc2)cc1)C(=O)OC. The van der Waals surface area contributed by atoms with E-state index >= 15 is 0 Å². The number of benzene rings is 2. The highest BCUT2D eigenvalue weighted by molar-refractivity contribution is 6.08. The molecule has 0 fully saturated rings. The highest BCUT2D eigenvalue weighted by Crippen LogP contribution is 2.12. The number of methoxy groups -OCH3 is 2. The van der Waals surface area contributed by atoms with Crippen molar-refractivity contribution in [3.05, 3.63) is 71.3 Å². The van der Waals surface area contributed by atoms with Crippen LogP contribution in [-0.4, -0.2) is 57.7 Å². The molecule has 0 bridgehead atoms. The summed E-state index contributed by atoms with van der Waals surface area (Å²) in [6.45, 7) is 0.479. The Morgan fingerprint density at radius 3 is 2.17 bits per heavy atom. The molecule has 0 aliphatic carbocycles. The van der Waals surface area contributed by atoms with Crippen LogP contribution in [0, 0.1) is 0 Å². The fraction of sp³-hybridized carbons (Fsp3) is 0.318. The Labute approximate surface area is 170 Å². The van der Waals surface area contributed by atoms with Crippen LogP contribution in [0.1, 0.15) is 21.5 Å². The van der Waals surface area contributed by atoms with Crippen LogP contribution in [-0.2, 0) is 30.2 Å². The molecule has 0 unspecified atom stereocenters. The van der Waals surface area contributed by atoms with Gasteiger partial charge in [0, 0.05) is 24.7 Å². The van der Waals surface area contributed by atoms with Gasteiger partial charge in [-0.15, -0.1) is 0 Å². The Balaban J connectivity index is 1.99. The van der Waals surface area contributed by atoms with E-state index in [1.807, 2.05) is 18.2 Å². The van der Waals surface area contributed by atoms with Crippen molar-refractivity contribution >= 4 is 17.7 Å². The van der Waals surface area contributed by atoms with Crippen molar-refractivity contribution in [3.63, 3.8) is 0 Å². The summed E-state index contributed by atoms with van der Waals surface area (Å²) in [5, 5.41) is 2.61. The van der Waals surface area contributed by atoms with Crippen molar-refractivity contribution in [2.75, 3.05) is 34.0 Å². The van der Waals surface area contributed by atoms with E-state index in [1.54, 1.807) is 36.4 Å². The summed E-state index contributed by atoms with van der Waals surface area (Å²) in [5.74, 6) is -1.06. The number of hydrogen-bond acceptors (Lipinski definition) is 6. The summed E-state index contributed by atoms with van der Waals surface area (Å²) in [7, 11) is 2.80. The van der Waals surface area contributed by atoms with Crippen LogP contribution in [0.15, 0.2) is 54.6 Å². The second kappa shape index (κ2) is 11.7. The number of ether oxygens (including phenoxy) is 3. The van der Waals surface area contributed by atoms with E-state index < -0.39 is 17.9 Å². The predicted molar refractivity (Wildman–Crippen MR) is 107 cm³/mol. The normalized spacial score (nSPS) is 11.5. The van der Waals surface area contributed by atoms with Gasteiger partial charge < -0.3 is 19.5 Å². The molecular weight excluding hydrogens is 374 g/mol. The van der Waals surface area contributed by atoms with Gasteiger partial charge >= 0.3 is 5.97 Å². The number of rotatable bonds is 11. The molecule has 0 aliphatic rings. The van der Waals surface area contributed by atoms with Gasteiger partial charge in [-0.2, -0.15) is 0 Å². The van der Waals surface area contributed by atoms with E-state index in [0.717, 1.165) is 5.56 Å². The van der Waals surface area contributed by atoms with Crippen LogP contribution >= 0.6 is 0 Å². The maximum absolute atomic E-state index is 12.5. The average molecular weight is 399 g/mol. The highest BCUT2D eigenvalue weighted by atomic mass is 16.5. The third-order valence-electron chi connectivity index (χ3n) is 4.18. The molecular formula is C22H25NO6. The standard InChI is InChI=1S/C22H25NO6/c1-27-12-13-29-15-20(24)23-19(22(26)28-2)14-16-8-10-18(11-9-16)21(25)17-6-4-3-5-7-17/h3-11,19H,12-15H2,1-2H3,(H,23,24)/t19-/m0/s1. The molecule has 0 saturated carbocycles. The molecule has 2 rings (SSSR count). The fourth-order valence-corrected chi connectivity index (χ4v) is 2.66. The van der Waals surface area contributed by atoms with Crippen molar-refractivity contribution in [2.45, 2.75) is 12.5 Å². The van der Waals surface area contributed by atoms with Gasteiger partial charge in [0.2, 0.25) is 5.91 Å². The number of nitrogens with one attached hydrogen (secondary N) is 1. The molecule has 2 aromatic carbocycles. The van der Waals surface area contributed by atoms with Gasteiger partial charge in [-0.05, 0) is 5.56 Å². The minimum atomic E-state index is -0.853. The number of ketones is 1. The first kappa shape index (κ1) is 22.3. The van der Waals surface area contributed by atoms with Gasteiger partial charge in [0.05, 0.1) is 20.3 Å². The summed E-state index contributed by atoms with van der Waals surface area (Å²) in [6.07, 6.45) is 0.232. The number of carbonyl (C=O) groups is 3. The third-order valence-corrected chi connectivity index (χ3v) is 4.18. The van der Waals surface area contributed by atoms with Crippen LogP contribution in [0.5, 0.6) is 0 Å². The number of esters is 1. The van der Waals surface area contributed by atoms with Gasteiger partial charge in [-0.25, -0.2) is 4.79 Å². The maximum Gasteiger partial charge on any atom is 0.328 e. The van der Waals surface area contributed by atoms with E-state index in [-0.39, 0.29) is 25.4 Å². The van der Waals surface area contributed by atoms with Gasteiger partial charge in [-0.3, -0.25) is 9.59 Å². The molecule has 7 nitrogen and oxygen atoms in total. The molecule has 0 aliphatic heterocycles. The summed E-state index contributed by atoms with van der Waals surface area (Å²) in [6, 6.07) is 15.1. The Hall–Kier alpha value is -3.03. The summed E-state index contributed by atoms with van der Waals surface area (Å²) in [4.78, 5) is 36.5. The molecule has 0 heterocycles. The molecule has 154 valence electrons. The molecule has 2 aromatic rings. The largest absolute Gasteiger partial charge is 0.467 e. The minimum absolute atomic E-state index is 0.0804. The molecule has 29 heavy (non-hydrogen) atoms. The Bertz CT molecular complexity index is 804. The zero-order chi connectivity index (χ0) is 21.1. The summed E-state index contributed by atoms with van der Waals surface area (Å²) in [5.41, 5.74) is 1.93. The van der Waals surface area contributed by atoms with Gasteiger partial charge in [0.15, 0.2) is 5.78 Å². The molecule has 7 heteroatoms. The smallest absolute Gasteiger partial charge is 0.328 e. The molecule has 0 aromatic heterocycles. The predicted octanol–water partition coefficient (Wildman–Crippen LogP) is 1.78.